The van der Waals surface area contributed by atoms with E-state index in [9.17, 15) is 4.79 Å². The fourth-order valence-electron chi connectivity index (χ4n) is 5.29. The summed E-state index contributed by atoms with van der Waals surface area (Å²) in [6.07, 6.45) is 6.84. The molecule has 0 aliphatic carbocycles. The van der Waals surface area contributed by atoms with Gasteiger partial charge in [-0.1, -0.05) is 0 Å². The normalized spacial score (nSPS) is 16.6. The molecule has 1 spiro atoms. The Balaban J connectivity index is 1.40. The van der Waals surface area contributed by atoms with E-state index in [4.69, 9.17) is 14.6 Å². The number of carbonyl (C=O) groups is 1. The zero-order valence-electron chi connectivity index (χ0n) is 24.2. The summed E-state index contributed by atoms with van der Waals surface area (Å²) in [6.45, 7) is 11.1. The molecule has 2 aliphatic rings. The summed E-state index contributed by atoms with van der Waals surface area (Å²) >= 11 is 0. The first-order chi connectivity index (χ1) is 19.8. The zero-order chi connectivity index (χ0) is 29.0. The number of benzene rings is 1. The predicted molar refractivity (Wildman–Crippen MR) is 160 cm³/mol. The van der Waals surface area contributed by atoms with Gasteiger partial charge in [0.1, 0.15) is 18.2 Å². The number of methoxy groups -OCH3 is 1. The second kappa shape index (κ2) is 12.1. The summed E-state index contributed by atoms with van der Waals surface area (Å²) in [5.74, 6) is 1.45. The molecule has 4 heterocycles. The fraction of sp³-hybridized carbons (Fsp3) is 0.400. The lowest BCUT2D eigenvalue weighted by atomic mass is 9.79. The average molecular weight is 559 g/mol. The van der Waals surface area contributed by atoms with Gasteiger partial charge in [-0.25, -0.2) is 14.5 Å². The highest BCUT2D eigenvalue weighted by atomic mass is 16.5. The van der Waals surface area contributed by atoms with Gasteiger partial charge < -0.3 is 29.9 Å². The van der Waals surface area contributed by atoms with Crippen LogP contribution in [0.4, 0.5) is 5.95 Å². The van der Waals surface area contributed by atoms with Crippen molar-refractivity contribution in [3.8, 4) is 17.0 Å². The number of ether oxygens (including phenoxy) is 2. The molecule has 11 heteroatoms. The molecular weight excluding hydrogens is 520 g/mol. The van der Waals surface area contributed by atoms with Gasteiger partial charge in [0, 0.05) is 57.5 Å². The molecule has 0 unspecified atom stereocenters. The third-order valence-corrected chi connectivity index (χ3v) is 7.61. The van der Waals surface area contributed by atoms with Gasteiger partial charge in [0.25, 0.3) is 5.91 Å². The number of hydrogen-bond acceptors (Lipinski definition) is 9. The third-order valence-electron chi connectivity index (χ3n) is 7.61. The van der Waals surface area contributed by atoms with Crippen LogP contribution in [0.5, 0.6) is 5.75 Å². The molecule has 1 amide bonds. The van der Waals surface area contributed by atoms with Gasteiger partial charge in [-0.05, 0) is 69.1 Å². The van der Waals surface area contributed by atoms with Crippen LogP contribution in [0.3, 0.4) is 0 Å². The van der Waals surface area contributed by atoms with E-state index in [2.05, 4.69) is 39.2 Å². The zero-order valence-corrected chi connectivity index (χ0v) is 24.2. The Hall–Kier alpha value is -4.22. The molecular formula is C30H38N8O3. The number of nitrogens with one attached hydrogen (secondary N) is 2. The Kier molecular flexibility index (Phi) is 8.36. The maximum Gasteiger partial charge on any atom is 0.255 e. The van der Waals surface area contributed by atoms with E-state index in [1.54, 1.807) is 42.9 Å². The number of allylic oxidation sites excluding steroid dienone is 3. The van der Waals surface area contributed by atoms with Crippen LogP contribution in [-0.2, 0) is 4.74 Å². The van der Waals surface area contributed by atoms with E-state index in [0.717, 1.165) is 31.7 Å². The van der Waals surface area contributed by atoms with Crippen LogP contribution in [0.1, 0.15) is 23.7 Å². The number of aromatic nitrogens is 3. The largest absolute Gasteiger partial charge is 0.491 e. The van der Waals surface area contributed by atoms with Crippen LogP contribution in [-0.4, -0.2) is 97.6 Å². The maximum absolute atomic E-state index is 13.1. The molecule has 2 aliphatic heterocycles. The summed E-state index contributed by atoms with van der Waals surface area (Å²) in [5, 5.41) is 11.4. The number of likely N-dealkylation sites (tertiary alicyclic amines) is 1. The highest BCUT2D eigenvalue weighted by Gasteiger charge is 2.44. The summed E-state index contributed by atoms with van der Waals surface area (Å²) < 4.78 is 12.5. The molecule has 0 radical (unpaired) electrons. The number of anilines is 1. The lowest BCUT2D eigenvalue weighted by Gasteiger charge is -2.49. The Morgan fingerprint density at radius 3 is 2.68 bits per heavy atom. The van der Waals surface area contributed by atoms with Crippen molar-refractivity contribution in [3.63, 3.8) is 0 Å². The van der Waals surface area contributed by atoms with Crippen molar-refractivity contribution in [3.05, 3.63) is 65.8 Å². The van der Waals surface area contributed by atoms with Crippen molar-refractivity contribution >= 4 is 24.1 Å². The number of carbonyl (C=O) groups excluding carboxylic acids is 1. The van der Waals surface area contributed by atoms with E-state index >= 15 is 0 Å². The maximum atomic E-state index is 13.1. The minimum absolute atomic E-state index is 0.129. The second-order valence-electron chi connectivity index (χ2n) is 10.8. The topological polar surface area (TPSA) is 109 Å². The monoisotopic (exact) mass is 558 g/mol. The van der Waals surface area contributed by atoms with Gasteiger partial charge in [0.15, 0.2) is 0 Å². The Labute approximate surface area is 240 Å². The standard InChI is InChI=1S/C30H38N8O3/c1-21(37-19-30(20-37)12-13-32-18-30)6-11-26(31-2)34-29-33-17-23-16-25(28(39)36(3)4)27(38(23)35-29)22-7-9-24(10-8-22)41-15-14-40-5/h6-11,16-17,32H,2,12-15,18-20H2,1,3-5H3,(H,34,35)/b21-6+,26-11+. The van der Waals surface area contributed by atoms with Gasteiger partial charge in [-0.15, -0.1) is 5.10 Å². The number of nitrogens with zero attached hydrogens (tertiary/aromatic N) is 6. The van der Waals surface area contributed by atoms with Crippen molar-refractivity contribution in [2.45, 2.75) is 13.3 Å². The average Bonchev–Trinajstić information content (AvgIpc) is 3.60. The molecule has 41 heavy (non-hydrogen) atoms. The Morgan fingerprint density at radius 1 is 1.24 bits per heavy atom. The molecule has 3 aromatic rings. The van der Waals surface area contributed by atoms with Crippen molar-refractivity contribution in [2.24, 2.45) is 10.4 Å². The SMILES string of the molecule is C=N/C(=C\C=C(/C)N1CC2(CCNC2)C1)Nc1ncc2cc(C(=O)N(C)C)c(-c3ccc(OCCOC)cc3)n2n1. The van der Waals surface area contributed by atoms with Crippen molar-refractivity contribution in [2.75, 3.05) is 65.9 Å². The number of rotatable bonds is 11. The van der Waals surface area contributed by atoms with Crippen molar-refractivity contribution in [1.82, 2.24) is 29.7 Å². The molecule has 2 aromatic heterocycles. The van der Waals surface area contributed by atoms with E-state index < -0.39 is 0 Å². The van der Waals surface area contributed by atoms with Crippen LogP contribution in [0.25, 0.3) is 16.8 Å². The first-order valence-corrected chi connectivity index (χ1v) is 13.7. The number of amides is 1. The first-order valence-electron chi connectivity index (χ1n) is 13.7. The lowest BCUT2D eigenvalue weighted by Crippen LogP contribution is -2.56. The van der Waals surface area contributed by atoms with Gasteiger partial charge in [0.2, 0.25) is 5.95 Å². The number of hydrogen-bond donors (Lipinski definition) is 2. The molecule has 0 saturated carbocycles. The molecule has 5 rings (SSSR count). The van der Waals surface area contributed by atoms with Gasteiger partial charge >= 0.3 is 0 Å². The fourth-order valence-corrected chi connectivity index (χ4v) is 5.29. The smallest absolute Gasteiger partial charge is 0.255 e. The minimum atomic E-state index is -0.129. The molecule has 11 nitrogen and oxygen atoms in total. The predicted octanol–water partition coefficient (Wildman–Crippen LogP) is 3.28. The molecule has 1 aromatic carbocycles. The summed E-state index contributed by atoms with van der Waals surface area (Å²) in [6, 6.07) is 9.37. The van der Waals surface area contributed by atoms with Crippen LogP contribution in [0.2, 0.25) is 0 Å². The van der Waals surface area contributed by atoms with E-state index in [1.165, 1.54) is 12.1 Å². The molecule has 2 fully saturated rings. The van der Waals surface area contributed by atoms with Crippen molar-refractivity contribution < 1.29 is 14.3 Å². The van der Waals surface area contributed by atoms with Crippen LogP contribution < -0.4 is 15.4 Å². The summed E-state index contributed by atoms with van der Waals surface area (Å²) in [7, 11) is 5.09. The third kappa shape index (κ3) is 6.10. The van der Waals surface area contributed by atoms with E-state index in [0.29, 0.717) is 52.9 Å². The number of aliphatic imine (C=N–C) groups is 1. The van der Waals surface area contributed by atoms with Gasteiger partial charge in [0.05, 0.1) is 29.6 Å². The number of fused-ring (bicyclic) bond motifs is 1. The molecule has 216 valence electrons. The Bertz CT molecular complexity index is 1460. The van der Waals surface area contributed by atoms with E-state index in [-0.39, 0.29) is 5.91 Å². The minimum Gasteiger partial charge on any atom is -0.491 e. The lowest BCUT2D eigenvalue weighted by molar-refractivity contribution is 0.0480. The van der Waals surface area contributed by atoms with Crippen LogP contribution in [0.15, 0.2) is 65.2 Å². The molecule has 0 bridgehead atoms. The quantitative estimate of drug-likeness (QED) is 0.210. The van der Waals surface area contributed by atoms with Gasteiger partial charge in [-0.2, -0.15) is 0 Å². The molecule has 2 saturated heterocycles. The second-order valence-corrected chi connectivity index (χ2v) is 10.8. The Morgan fingerprint density at radius 2 is 2.02 bits per heavy atom. The van der Waals surface area contributed by atoms with Crippen molar-refractivity contribution in [1.29, 1.82) is 0 Å². The molecule has 2 N–H and O–H groups in total. The van der Waals surface area contributed by atoms with E-state index in [1.807, 2.05) is 36.4 Å². The molecule has 0 atom stereocenters. The van der Waals surface area contributed by atoms with Crippen LogP contribution >= 0.6 is 0 Å². The summed E-state index contributed by atoms with van der Waals surface area (Å²) in [4.78, 5) is 25.7. The van der Waals surface area contributed by atoms with Gasteiger partial charge in [-0.3, -0.25) is 4.79 Å². The summed E-state index contributed by atoms with van der Waals surface area (Å²) in [5.41, 5.74) is 4.30. The first kappa shape index (κ1) is 28.3. The van der Waals surface area contributed by atoms with Crippen LogP contribution in [0, 0.1) is 5.41 Å². The highest BCUT2D eigenvalue weighted by Crippen LogP contribution is 2.38. The highest BCUT2D eigenvalue weighted by molar-refractivity contribution is 6.02.